The maximum absolute atomic E-state index is 4.41. The summed E-state index contributed by atoms with van der Waals surface area (Å²) in [5.41, 5.74) is 1.39. The number of hydrogen-bond acceptors (Lipinski definition) is 4. The van der Waals surface area contributed by atoms with Gasteiger partial charge in [-0.15, -0.1) is 5.10 Å². The van der Waals surface area contributed by atoms with E-state index in [4.69, 9.17) is 0 Å². The standard InChI is InChI=1S/C13H19N5/c1-13(2,3)11-4-5-12(15-10-11)14-6-8-18-9-7-16-17-18/h4-5,7,9-10H,6,8H2,1-3H3,(H,14,15). The molecule has 2 aromatic heterocycles. The predicted octanol–water partition coefficient (Wildman–Crippen LogP) is 2.08. The topological polar surface area (TPSA) is 55.6 Å². The van der Waals surface area contributed by atoms with E-state index < -0.39 is 0 Å². The summed E-state index contributed by atoms with van der Waals surface area (Å²) >= 11 is 0. The molecule has 0 unspecified atom stereocenters. The Morgan fingerprint density at radius 3 is 2.67 bits per heavy atom. The number of hydrogen-bond donors (Lipinski definition) is 1. The van der Waals surface area contributed by atoms with Crippen molar-refractivity contribution < 1.29 is 0 Å². The van der Waals surface area contributed by atoms with Crippen LogP contribution >= 0.6 is 0 Å². The lowest BCUT2D eigenvalue weighted by molar-refractivity contribution is 0.587. The Morgan fingerprint density at radius 2 is 2.11 bits per heavy atom. The lowest BCUT2D eigenvalue weighted by Crippen LogP contribution is -2.14. The van der Waals surface area contributed by atoms with Gasteiger partial charge in [-0.2, -0.15) is 0 Å². The zero-order valence-corrected chi connectivity index (χ0v) is 11.1. The molecular formula is C13H19N5. The largest absolute Gasteiger partial charge is 0.368 e. The van der Waals surface area contributed by atoms with E-state index in [1.54, 1.807) is 10.9 Å². The molecule has 0 atom stereocenters. The Bertz CT molecular complexity index is 467. The van der Waals surface area contributed by atoms with Crippen molar-refractivity contribution in [1.82, 2.24) is 20.0 Å². The van der Waals surface area contributed by atoms with Gasteiger partial charge >= 0.3 is 0 Å². The van der Waals surface area contributed by atoms with Gasteiger partial charge in [0.2, 0.25) is 0 Å². The zero-order chi connectivity index (χ0) is 13.0. The maximum atomic E-state index is 4.41. The summed E-state index contributed by atoms with van der Waals surface area (Å²) in [4.78, 5) is 4.41. The van der Waals surface area contributed by atoms with Crippen molar-refractivity contribution >= 4 is 5.82 Å². The second-order valence-electron chi connectivity index (χ2n) is 5.28. The molecule has 0 saturated heterocycles. The van der Waals surface area contributed by atoms with Crippen LogP contribution in [0, 0.1) is 0 Å². The second kappa shape index (κ2) is 5.16. The van der Waals surface area contributed by atoms with E-state index >= 15 is 0 Å². The van der Waals surface area contributed by atoms with Gasteiger partial charge in [0.25, 0.3) is 0 Å². The van der Waals surface area contributed by atoms with Crippen LogP contribution in [0.1, 0.15) is 26.3 Å². The molecule has 0 amide bonds. The SMILES string of the molecule is CC(C)(C)c1ccc(NCCn2ccnn2)nc1. The normalized spacial score (nSPS) is 11.5. The number of aromatic nitrogens is 4. The molecule has 18 heavy (non-hydrogen) atoms. The first kappa shape index (κ1) is 12.5. The minimum Gasteiger partial charge on any atom is -0.368 e. The van der Waals surface area contributed by atoms with Gasteiger partial charge in [0, 0.05) is 18.9 Å². The molecule has 5 nitrogen and oxygen atoms in total. The fourth-order valence-electron chi connectivity index (χ4n) is 1.59. The van der Waals surface area contributed by atoms with Crippen LogP contribution < -0.4 is 5.32 Å². The summed E-state index contributed by atoms with van der Waals surface area (Å²) in [7, 11) is 0. The summed E-state index contributed by atoms with van der Waals surface area (Å²) in [6.45, 7) is 8.11. The van der Waals surface area contributed by atoms with Gasteiger partial charge in [0.15, 0.2) is 0 Å². The molecule has 2 rings (SSSR count). The molecule has 2 aromatic rings. The summed E-state index contributed by atoms with van der Waals surface area (Å²) in [6, 6.07) is 4.13. The molecule has 5 heteroatoms. The second-order valence-corrected chi connectivity index (χ2v) is 5.28. The first-order valence-electron chi connectivity index (χ1n) is 6.10. The number of nitrogens with zero attached hydrogens (tertiary/aromatic N) is 4. The van der Waals surface area contributed by atoms with Gasteiger partial charge in [-0.3, -0.25) is 4.68 Å². The Balaban J connectivity index is 1.87. The molecule has 1 N–H and O–H groups in total. The molecular weight excluding hydrogens is 226 g/mol. The molecule has 0 bridgehead atoms. The number of anilines is 1. The fraction of sp³-hybridized carbons (Fsp3) is 0.462. The highest BCUT2D eigenvalue weighted by Crippen LogP contribution is 2.21. The Kier molecular flexibility index (Phi) is 3.60. The number of rotatable bonds is 4. The van der Waals surface area contributed by atoms with Crippen molar-refractivity contribution in [3.63, 3.8) is 0 Å². The van der Waals surface area contributed by atoms with Crippen molar-refractivity contribution in [2.75, 3.05) is 11.9 Å². The minimum absolute atomic E-state index is 0.145. The van der Waals surface area contributed by atoms with E-state index in [1.165, 1.54) is 5.56 Å². The van der Waals surface area contributed by atoms with Gasteiger partial charge in [0.1, 0.15) is 5.82 Å². The lowest BCUT2D eigenvalue weighted by atomic mass is 9.88. The highest BCUT2D eigenvalue weighted by atomic mass is 15.4. The molecule has 0 aliphatic rings. The third kappa shape index (κ3) is 3.29. The van der Waals surface area contributed by atoms with E-state index in [2.05, 4.69) is 47.5 Å². The summed E-state index contributed by atoms with van der Waals surface area (Å²) in [6.07, 6.45) is 5.45. The molecule has 0 spiro atoms. The molecule has 0 aliphatic heterocycles. The zero-order valence-electron chi connectivity index (χ0n) is 11.1. The number of nitrogens with one attached hydrogen (secondary N) is 1. The average molecular weight is 245 g/mol. The molecule has 0 aromatic carbocycles. The minimum atomic E-state index is 0.145. The Hall–Kier alpha value is -1.91. The van der Waals surface area contributed by atoms with Crippen molar-refractivity contribution in [3.8, 4) is 0 Å². The van der Waals surface area contributed by atoms with Crippen molar-refractivity contribution in [1.29, 1.82) is 0 Å². The summed E-state index contributed by atoms with van der Waals surface area (Å²) < 4.78 is 1.79. The van der Waals surface area contributed by atoms with E-state index in [0.29, 0.717) is 0 Å². The van der Waals surface area contributed by atoms with Crippen molar-refractivity contribution in [2.45, 2.75) is 32.7 Å². The van der Waals surface area contributed by atoms with Gasteiger partial charge in [-0.05, 0) is 17.0 Å². The van der Waals surface area contributed by atoms with E-state index in [1.807, 2.05) is 18.5 Å². The quantitative estimate of drug-likeness (QED) is 0.896. The van der Waals surface area contributed by atoms with Gasteiger partial charge in [0.05, 0.1) is 12.7 Å². The molecule has 2 heterocycles. The van der Waals surface area contributed by atoms with Crippen LogP contribution in [0.15, 0.2) is 30.7 Å². The smallest absolute Gasteiger partial charge is 0.125 e. The van der Waals surface area contributed by atoms with Crippen LogP contribution in [-0.4, -0.2) is 26.5 Å². The molecule has 0 fully saturated rings. The van der Waals surface area contributed by atoms with Gasteiger partial charge in [-0.25, -0.2) is 4.98 Å². The Morgan fingerprint density at radius 1 is 1.28 bits per heavy atom. The molecule has 0 radical (unpaired) electrons. The third-order valence-electron chi connectivity index (χ3n) is 2.75. The van der Waals surface area contributed by atoms with E-state index in [-0.39, 0.29) is 5.41 Å². The van der Waals surface area contributed by atoms with Crippen molar-refractivity contribution in [2.24, 2.45) is 0 Å². The Labute approximate surface area is 107 Å². The van der Waals surface area contributed by atoms with Gasteiger partial charge in [-0.1, -0.05) is 32.1 Å². The molecule has 0 saturated carbocycles. The first-order chi connectivity index (χ1) is 8.55. The fourth-order valence-corrected chi connectivity index (χ4v) is 1.59. The monoisotopic (exact) mass is 245 g/mol. The van der Waals surface area contributed by atoms with E-state index in [9.17, 15) is 0 Å². The number of pyridine rings is 1. The van der Waals surface area contributed by atoms with E-state index in [0.717, 1.165) is 18.9 Å². The summed E-state index contributed by atoms with van der Waals surface area (Å²) in [5, 5.41) is 10.9. The predicted molar refractivity (Wildman–Crippen MR) is 71.4 cm³/mol. The van der Waals surface area contributed by atoms with Crippen LogP contribution in [0.2, 0.25) is 0 Å². The van der Waals surface area contributed by atoms with Crippen LogP contribution in [0.25, 0.3) is 0 Å². The first-order valence-corrected chi connectivity index (χ1v) is 6.10. The highest BCUT2D eigenvalue weighted by Gasteiger charge is 2.13. The van der Waals surface area contributed by atoms with Crippen LogP contribution in [-0.2, 0) is 12.0 Å². The van der Waals surface area contributed by atoms with Crippen LogP contribution in [0.4, 0.5) is 5.82 Å². The molecule has 0 aliphatic carbocycles. The highest BCUT2D eigenvalue weighted by molar-refractivity contribution is 5.36. The average Bonchev–Trinajstić information content (AvgIpc) is 2.82. The van der Waals surface area contributed by atoms with Crippen LogP contribution in [0.5, 0.6) is 0 Å². The van der Waals surface area contributed by atoms with Crippen LogP contribution in [0.3, 0.4) is 0 Å². The maximum Gasteiger partial charge on any atom is 0.125 e. The summed E-state index contributed by atoms with van der Waals surface area (Å²) in [5.74, 6) is 0.892. The molecule has 96 valence electrons. The third-order valence-corrected chi connectivity index (χ3v) is 2.75. The van der Waals surface area contributed by atoms with Crippen molar-refractivity contribution in [3.05, 3.63) is 36.3 Å². The van der Waals surface area contributed by atoms with Gasteiger partial charge < -0.3 is 5.32 Å². The lowest BCUT2D eigenvalue weighted by Gasteiger charge is -2.18.